The molecule has 0 saturated heterocycles. The molecule has 0 unspecified atom stereocenters. The normalized spacial score (nSPS) is 15.6. The molecule has 1 aliphatic carbocycles. The number of nitrogens with one attached hydrogen (secondary N) is 1. The third-order valence-electron chi connectivity index (χ3n) is 6.87. The number of hydrogen-bond donors (Lipinski definition) is 1. The summed E-state index contributed by atoms with van der Waals surface area (Å²) in [5, 5.41) is 23.8. The average Bonchev–Trinajstić information content (AvgIpc) is 3.55. The fourth-order valence-corrected chi connectivity index (χ4v) is 6.88. The molecule has 0 fully saturated rings. The minimum absolute atomic E-state index is 0.154. The summed E-state index contributed by atoms with van der Waals surface area (Å²) in [4.78, 5) is 14.1. The Morgan fingerprint density at radius 3 is 2.86 bits per heavy atom. The third kappa shape index (κ3) is 4.67. The zero-order valence-electron chi connectivity index (χ0n) is 20.9. The molecule has 4 aromatic rings. The topological polar surface area (TPSA) is 96.7 Å². The second-order valence-corrected chi connectivity index (χ2v) is 12.2. The molecule has 3 heterocycles. The molecule has 7 nitrogen and oxygen atoms in total. The number of para-hydroxylation sites is 1. The highest BCUT2D eigenvalue weighted by molar-refractivity contribution is 7.99. The Labute approximate surface area is 218 Å². The maximum Gasteiger partial charge on any atom is 0.235 e. The lowest BCUT2D eigenvalue weighted by Crippen LogP contribution is -2.26. The van der Waals surface area contributed by atoms with Gasteiger partial charge in [-0.15, -0.1) is 21.5 Å². The summed E-state index contributed by atoms with van der Waals surface area (Å²) in [5.41, 5.74) is 2.77. The van der Waals surface area contributed by atoms with E-state index in [1.165, 1.54) is 16.6 Å². The number of carbonyl (C=O) groups is 1. The number of nitriles is 1. The monoisotopic (exact) mass is 519 g/mol. The van der Waals surface area contributed by atoms with Crippen LogP contribution in [0.2, 0.25) is 0 Å². The fourth-order valence-electron chi connectivity index (χ4n) is 4.78. The molecular weight excluding hydrogens is 490 g/mol. The molecule has 0 aliphatic heterocycles. The van der Waals surface area contributed by atoms with E-state index in [-0.39, 0.29) is 17.1 Å². The van der Waals surface area contributed by atoms with Crippen LogP contribution in [-0.2, 0) is 24.2 Å². The Hall–Kier alpha value is -3.09. The molecule has 1 aliphatic rings. The van der Waals surface area contributed by atoms with Crippen molar-refractivity contribution in [2.24, 2.45) is 11.3 Å². The van der Waals surface area contributed by atoms with Crippen molar-refractivity contribution in [1.29, 1.82) is 5.26 Å². The van der Waals surface area contributed by atoms with Crippen molar-refractivity contribution < 1.29 is 9.21 Å². The largest absolute Gasteiger partial charge is 0.453 e. The van der Waals surface area contributed by atoms with Crippen molar-refractivity contribution in [3.05, 3.63) is 46.3 Å². The van der Waals surface area contributed by atoms with E-state index in [0.29, 0.717) is 39.8 Å². The standard InChI is InChI=1S/C27H29N5O2S2/c1-5-32-24(21-12-16-8-6-7-9-20(16)34-21)30-31-26(32)35-15-23(33)29-25-19(14-28)18-11-10-17(27(2,3)4)13-22(18)36-25/h6-9,12,17H,5,10-11,13,15H2,1-4H3,(H,29,33)/t17-/m1/s1. The zero-order chi connectivity index (χ0) is 25.4. The number of rotatable bonds is 6. The zero-order valence-corrected chi connectivity index (χ0v) is 22.6. The Bertz CT molecular complexity index is 1430. The van der Waals surface area contributed by atoms with E-state index in [1.807, 2.05) is 41.8 Å². The van der Waals surface area contributed by atoms with Crippen LogP contribution < -0.4 is 5.32 Å². The highest BCUT2D eigenvalue weighted by atomic mass is 32.2. The molecule has 36 heavy (non-hydrogen) atoms. The van der Waals surface area contributed by atoms with Gasteiger partial charge in [-0.05, 0) is 55.2 Å². The molecule has 0 radical (unpaired) electrons. The number of benzene rings is 1. The van der Waals surface area contributed by atoms with E-state index < -0.39 is 0 Å². The maximum atomic E-state index is 12.9. The van der Waals surface area contributed by atoms with Crippen LogP contribution in [0.4, 0.5) is 5.00 Å². The van der Waals surface area contributed by atoms with E-state index in [9.17, 15) is 10.1 Å². The maximum absolute atomic E-state index is 12.9. The van der Waals surface area contributed by atoms with Gasteiger partial charge in [0.1, 0.15) is 16.7 Å². The van der Waals surface area contributed by atoms with Crippen molar-refractivity contribution in [1.82, 2.24) is 14.8 Å². The number of thiophene rings is 1. The van der Waals surface area contributed by atoms with Gasteiger partial charge in [0.2, 0.25) is 11.7 Å². The number of carbonyl (C=O) groups excluding carboxylic acids is 1. The quantitative estimate of drug-likeness (QED) is 0.291. The van der Waals surface area contributed by atoms with Gasteiger partial charge in [-0.1, -0.05) is 50.7 Å². The summed E-state index contributed by atoms with van der Waals surface area (Å²) >= 11 is 2.89. The van der Waals surface area contributed by atoms with Crippen molar-refractivity contribution >= 4 is 45.0 Å². The van der Waals surface area contributed by atoms with Crippen LogP contribution in [0.1, 0.15) is 50.1 Å². The fraction of sp³-hybridized carbons (Fsp3) is 0.407. The first-order chi connectivity index (χ1) is 17.3. The van der Waals surface area contributed by atoms with Crippen LogP contribution >= 0.6 is 23.1 Å². The van der Waals surface area contributed by atoms with E-state index in [4.69, 9.17) is 4.42 Å². The van der Waals surface area contributed by atoms with Gasteiger partial charge in [0.05, 0.1) is 11.3 Å². The van der Waals surface area contributed by atoms with Crippen LogP contribution in [-0.4, -0.2) is 26.4 Å². The van der Waals surface area contributed by atoms with Gasteiger partial charge in [0.15, 0.2) is 10.9 Å². The Morgan fingerprint density at radius 2 is 2.14 bits per heavy atom. The molecule has 1 aromatic carbocycles. The molecule has 5 rings (SSSR count). The van der Waals surface area contributed by atoms with Gasteiger partial charge in [-0.3, -0.25) is 9.36 Å². The van der Waals surface area contributed by atoms with Gasteiger partial charge in [-0.25, -0.2) is 0 Å². The van der Waals surface area contributed by atoms with Crippen LogP contribution in [0.25, 0.3) is 22.6 Å². The van der Waals surface area contributed by atoms with Crippen molar-refractivity contribution in [3.8, 4) is 17.7 Å². The first-order valence-corrected chi connectivity index (χ1v) is 14.0. The Kier molecular flexibility index (Phi) is 6.66. The smallest absolute Gasteiger partial charge is 0.235 e. The number of hydrogen-bond acceptors (Lipinski definition) is 7. The van der Waals surface area contributed by atoms with Crippen molar-refractivity contribution in [2.45, 2.75) is 58.7 Å². The van der Waals surface area contributed by atoms with Crippen LogP contribution in [0, 0.1) is 22.7 Å². The molecule has 1 N–H and O–H groups in total. The van der Waals surface area contributed by atoms with E-state index in [2.05, 4.69) is 42.4 Å². The predicted octanol–water partition coefficient (Wildman–Crippen LogP) is 6.53. The highest BCUT2D eigenvalue weighted by Crippen LogP contribution is 2.44. The average molecular weight is 520 g/mol. The molecule has 9 heteroatoms. The molecule has 1 amide bonds. The molecule has 0 bridgehead atoms. The number of fused-ring (bicyclic) bond motifs is 2. The third-order valence-corrected chi connectivity index (χ3v) is 9.00. The molecule has 0 spiro atoms. The predicted molar refractivity (Wildman–Crippen MR) is 144 cm³/mol. The summed E-state index contributed by atoms with van der Waals surface area (Å²) in [6.45, 7) is 9.48. The van der Waals surface area contributed by atoms with Crippen molar-refractivity contribution in [2.75, 3.05) is 11.1 Å². The minimum Gasteiger partial charge on any atom is -0.453 e. The minimum atomic E-state index is -0.154. The van der Waals surface area contributed by atoms with Crippen LogP contribution in [0.15, 0.2) is 39.9 Å². The lowest BCUT2D eigenvalue weighted by Gasteiger charge is -2.33. The van der Waals surface area contributed by atoms with Gasteiger partial charge in [-0.2, -0.15) is 5.26 Å². The van der Waals surface area contributed by atoms with Gasteiger partial charge < -0.3 is 9.73 Å². The SMILES string of the molecule is CCn1c(SCC(=O)Nc2sc3c(c2C#N)CC[C@@H](C(C)(C)C)C3)nnc1-c1cc2ccccc2o1. The van der Waals surface area contributed by atoms with Gasteiger partial charge in [0.25, 0.3) is 0 Å². The van der Waals surface area contributed by atoms with E-state index in [1.54, 1.807) is 11.3 Å². The lowest BCUT2D eigenvalue weighted by molar-refractivity contribution is -0.113. The Morgan fingerprint density at radius 1 is 1.33 bits per heavy atom. The molecule has 0 saturated carbocycles. The first kappa shape index (κ1) is 24.6. The Balaban J connectivity index is 1.29. The summed E-state index contributed by atoms with van der Waals surface area (Å²) in [5.74, 6) is 1.89. The van der Waals surface area contributed by atoms with E-state index in [0.717, 1.165) is 35.8 Å². The van der Waals surface area contributed by atoms with Gasteiger partial charge in [0, 0.05) is 16.8 Å². The second kappa shape index (κ2) is 9.75. The summed E-state index contributed by atoms with van der Waals surface area (Å²) in [6.07, 6.45) is 2.93. The number of amides is 1. The number of thioether (sulfide) groups is 1. The summed E-state index contributed by atoms with van der Waals surface area (Å²) in [6, 6.07) is 12.1. The van der Waals surface area contributed by atoms with Crippen LogP contribution in [0.3, 0.4) is 0 Å². The number of nitrogens with zero attached hydrogens (tertiary/aromatic N) is 4. The van der Waals surface area contributed by atoms with Crippen molar-refractivity contribution in [3.63, 3.8) is 0 Å². The molecular formula is C27H29N5O2S2. The number of aromatic nitrogens is 3. The first-order valence-electron chi connectivity index (χ1n) is 12.2. The molecule has 186 valence electrons. The highest BCUT2D eigenvalue weighted by Gasteiger charge is 2.32. The summed E-state index contributed by atoms with van der Waals surface area (Å²) < 4.78 is 7.92. The second-order valence-electron chi connectivity index (χ2n) is 10.2. The lowest BCUT2D eigenvalue weighted by atomic mass is 9.72. The van der Waals surface area contributed by atoms with Gasteiger partial charge >= 0.3 is 0 Å². The molecule has 3 aromatic heterocycles. The summed E-state index contributed by atoms with van der Waals surface area (Å²) in [7, 11) is 0. The van der Waals surface area contributed by atoms with E-state index >= 15 is 0 Å². The van der Waals surface area contributed by atoms with Crippen LogP contribution in [0.5, 0.6) is 0 Å². The molecule has 1 atom stereocenters. The number of furan rings is 1. The number of anilines is 1.